The van der Waals surface area contributed by atoms with Gasteiger partial charge in [-0.2, -0.15) is 5.10 Å². The Morgan fingerprint density at radius 1 is 1.12 bits per heavy atom. The minimum atomic E-state index is -0.148. The number of carbonyl (C=O) groups is 1. The number of rotatable bonds is 3. The van der Waals surface area contributed by atoms with E-state index in [4.69, 9.17) is 0 Å². The SMILES string of the molecule is Cc1cc2ncc(C(=O)N[C@H](C)c3cccc4ccccc34)c(C)n2n1. The molecule has 2 heterocycles. The minimum Gasteiger partial charge on any atom is -0.345 e. The second-order valence-corrected chi connectivity index (χ2v) is 6.58. The third kappa shape index (κ3) is 2.71. The molecule has 4 aromatic rings. The molecule has 2 aromatic heterocycles. The van der Waals surface area contributed by atoms with Gasteiger partial charge in [0.25, 0.3) is 5.91 Å². The molecule has 0 aliphatic heterocycles. The van der Waals surface area contributed by atoms with Gasteiger partial charge in [0.1, 0.15) is 0 Å². The lowest BCUT2D eigenvalue weighted by Gasteiger charge is -2.17. The molecular weight excluding hydrogens is 324 g/mol. The molecule has 0 unspecified atom stereocenters. The van der Waals surface area contributed by atoms with E-state index in [0.717, 1.165) is 33.4 Å². The van der Waals surface area contributed by atoms with Crippen LogP contribution in [0, 0.1) is 13.8 Å². The van der Waals surface area contributed by atoms with E-state index in [9.17, 15) is 4.79 Å². The number of amides is 1. The predicted octanol–water partition coefficient (Wildman–Crippen LogP) is 3.99. The van der Waals surface area contributed by atoms with Crippen LogP contribution in [0.1, 0.15) is 40.3 Å². The molecule has 0 fully saturated rings. The molecule has 1 amide bonds. The zero-order valence-electron chi connectivity index (χ0n) is 15.0. The maximum Gasteiger partial charge on any atom is 0.255 e. The van der Waals surface area contributed by atoms with E-state index in [1.54, 1.807) is 10.7 Å². The normalized spacial score (nSPS) is 12.4. The van der Waals surface area contributed by atoms with E-state index in [2.05, 4.69) is 39.7 Å². The molecule has 1 atom stereocenters. The molecule has 0 aliphatic rings. The average Bonchev–Trinajstić information content (AvgIpc) is 3.02. The van der Waals surface area contributed by atoms with Crippen LogP contribution in [0.2, 0.25) is 0 Å². The molecule has 0 spiro atoms. The van der Waals surface area contributed by atoms with Gasteiger partial charge in [0, 0.05) is 12.3 Å². The van der Waals surface area contributed by atoms with Crippen LogP contribution in [-0.2, 0) is 0 Å². The summed E-state index contributed by atoms with van der Waals surface area (Å²) in [7, 11) is 0. The standard InChI is InChI=1S/C21H20N4O/c1-13-11-20-22-12-19(15(3)25(20)24-13)21(26)23-14(2)17-10-6-8-16-7-4-5-9-18(16)17/h4-12,14H,1-3H3,(H,23,26)/t14-/m1/s1. The van der Waals surface area contributed by atoms with Crippen LogP contribution in [0.25, 0.3) is 16.4 Å². The zero-order valence-corrected chi connectivity index (χ0v) is 15.0. The van der Waals surface area contributed by atoms with Gasteiger partial charge in [-0.25, -0.2) is 9.50 Å². The summed E-state index contributed by atoms with van der Waals surface area (Å²) in [6.45, 7) is 5.80. The summed E-state index contributed by atoms with van der Waals surface area (Å²) in [6.07, 6.45) is 1.62. The van der Waals surface area contributed by atoms with Crippen molar-refractivity contribution in [3.05, 3.63) is 77.2 Å². The van der Waals surface area contributed by atoms with Crippen molar-refractivity contribution in [2.45, 2.75) is 26.8 Å². The highest BCUT2D eigenvalue weighted by molar-refractivity contribution is 5.96. The number of nitrogens with one attached hydrogen (secondary N) is 1. The Hall–Kier alpha value is -3.21. The van der Waals surface area contributed by atoms with Gasteiger partial charge in [-0.1, -0.05) is 42.5 Å². The topological polar surface area (TPSA) is 59.3 Å². The molecule has 26 heavy (non-hydrogen) atoms. The Balaban J connectivity index is 1.66. The van der Waals surface area contributed by atoms with Crippen LogP contribution in [0.3, 0.4) is 0 Å². The lowest BCUT2D eigenvalue weighted by molar-refractivity contribution is 0.0938. The third-order valence-corrected chi connectivity index (χ3v) is 4.73. The van der Waals surface area contributed by atoms with Gasteiger partial charge in [-0.3, -0.25) is 4.79 Å². The van der Waals surface area contributed by atoms with Gasteiger partial charge < -0.3 is 5.32 Å². The Kier molecular flexibility index (Phi) is 3.92. The number of fused-ring (bicyclic) bond motifs is 2. The summed E-state index contributed by atoms with van der Waals surface area (Å²) in [6, 6.07) is 16.1. The predicted molar refractivity (Wildman–Crippen MR) is 102 cm³/mol. The highest BCUT2D eigenvalue weighted by Gasteiger charge is 2.17. The lowest BCUT2D eigenvalue weighted by Crippen LogP contribution is -2.28. The molecular formula is C21H20N4O. The van der Waals surface area contributed by atoms with Crippen LogP contribution in [0.4, 0.5) is 0 Å². The Labute approximate surface area is 151 Å². The fraction of sp³-hybridized carbons (Fsp3) is 0.190. The summed E-state index contributed by atoms with van der Waals surface area (Å²) in [5.41, 5.74) is 4.04. The summed E-state index contributed by atoms with van der Waals surface area (Å²) in [5.74, 6) is -0.148. The van der Waals surface area contributed by atoms with Crippen LogP contribution >= 0.6 is 0 Å². The van der Waals surface area contributed by atoms with E-state index >= 15 is 0 Å². The molecule has 0 aliphatic carbocycles. The maximum atomic E-state index is 12.8. The van der Waals surface area contributed by atoms with E-state index < -0.39 is 0 Å². The van der Waals surface area contributed by atoms with Gasteiger partial charge in [0.2, 0.25) is 0 Å². The summed E-state index contributed by atoms with van der Waals surface area (Å²) in [4.78, 5) is 17.2. The number of benzene rings is 2. The average molecular weight is 344 g/mol. The van der Waals surface area contributed by atoms with Gasteiger partial charge >= 0.3 is 0 Å². The third-order valence-electron chi connectivity index (χ3n) is 4.73. The number of aromatic nitrogens is 3. The van der Waals surface area contributed by atoms with Crippen LogP contribution in [0.5, 0.6) is 0 Å². The first-order valence-corrected chi connectivity index (χ1v) is 8.65. The molecule has 4 rings (SSSR count). The molecule has 0 saturated carbocycles. The van der Waals surface area contributed by atoms with Gasteiger partial charge in [0.15, 0.2) is 5.65 Å². The van der Waals surface area contributed by atoms with Gasteiger partial charge in [0.05, 0.1) is 23.0 Å². The smallest absolute Gasteiger partial charge is 0.255 e. The van der Waals surface area contributed by atoms with Crippen LogP contribution in [-0.4, -0.2) is 20.5 Å². The molecule has 130 valence electrons. The van der Waals surface area contributed by atoms with E-state index in [1.807, 2.05) is 45.0 Å². The first kappa shape index (κ1) is 16.3. The van der Waals surface area contributed by atoms with E-state index in [-0.39, 0.29) is 11.9 Å². The van der Waals surface area contributed by atoms with Gasteiger partial charge in [-0.15, -0.1) is 0 Å². The van der Waals surface area contributed by atoms with Crippen molar-refractivity contribution in [3.8, 4) is 0 Å². The highest BCUT2D eigenvalue weighted by atomic mass is 16.1. The van der Waals surface area contributed by atoms with Crippen LogP contribution < -0.4 is 5.32 Å². The van der Waals surface area contributed by atoms with Crippen molar-refractivity contribution in [1.29, 1.82) is 0 Å². The van der Waals surface area contributed by atoms with Crippen molar-refractivity contribution < 1.29 is 4.79 Å². The van der Waals surface area contributed by atoms with Crippen molar-refractivity contribution in [2.24, 2.45) is 0 Å². The second kappa shape index (κ2) is 6.26. The van der Waals surface area contributed by atoms with Crippen molar-refractivity contribution in [1.82, 2.24) is 19.9 Å². The Morgan fingerprint density at radius 3 is 2.73 bits per heavy atom. The number of hydrogen-bond donors (Lipinski definition) is 1. The zero-order chi connectivity index (χ0) is 18.3. The largest absolute Gasteiger partial charge is 0.345 e. The van der Waals surface area contributed by atoms with E-state index in [1.165, 1.54) is 0 Å². The van der Waals surface area contributed by atoms with Crippen molar-refractivity contribution >= 4 is 22.3 Å². The molecule has 0 saturated heterocycles. The van der Waals surface area contributed by atoms with E-state index in [0.29, 0.717) is 5.56 Å². The monoisotopic (exact) mass is 344 g/mol. The molecule has 0 radical (unpaired) electrons. The lowest BCUT2D eigenvalue weighted by atomic mass is 9.99. The number of carbonyl (C=O) groups excluding carboxylic acids is 1. The maximum absolute atomic E-state index is 12.8. The first-order valence-electron chi connectivity index (χ1n) is 8.65. The minimum absolute atomic E-state index is 0.122. The number of nitrogens with zero attached hydrogens (tertiary/aromatic N) is 3. The van der Waals surface area contributed by atoms with Crippen molar-refractivity contribution in [3.63, 3.8) is 0 Å². The second-order valence-electron chi connectivity index (χ2n) is 6.58. The molecule has 1 N–H and O–H groups in total. The summed E-state index contributed by atoms with van der Waals surface area (Å²) in [5, 5.41) is 9.82. The van der Waals surface area contributed by atoms with Crippen molar-refractivity contribution in [2.75, 3.05) is 0 Å². The Bertz CT molecular complexity index is 1120. The molecule has 5 nitrogen and oxygen atoms in total. The summed E-state index contributed by atoms with van der Waals surface area (Å²) < 4.78 is 1.72. The fourth-order valence-electron chi connectivity index (χ4n) is 3.37. The quantitative estimate of drug-likeness (QED) is 0.611. The highest BCUT2D eigenvalue weighted by Crippen LogP contribution is 2.24. The number of aryl methyl sites for hydroxylation is 2. The fourth-order valence-corrected chi connectivity index (χ4v) is 3.37. The molecule has 0 bridgehead atoms. The van der Waals surface area contributed by atoms with Gasteiger partial charge in [-0.05, 0) is 37.1 Å². The summed E-state index contributed by atoms with van der Waals surface area (Å²) >= 11 is 0. The first-order chi connectivity index (χ1) is 12.5. The molecule has 2 aromatic carbocycles. The number of hydrogen-bond acceptors (Lipinski definition) is 3. The van der Waals surface area contributed by atoms with Crippen LogP contribution in [0.15, 0.2) is 54.7 Å². The Morgan fingerprint density at radius 2 is 1.88 bits per heavy atom. The molecule has 5 heteroatoms.